The van der Waals surface area contributed by atoms with E-state index in [1.165, 1.54) is 6.07 Å². The molecular weight excluding hydrogens is 295 g/mol. The van der Waals surface area contributed by atoms with Crippen LogP contribution in [0.2, 0.25) is 0 Å². The zero-order valence-corrected chi connectivity index (χ0v) is 14.1. The van der Waals surface area contributed by atoms with Crippen LogP contribution in [0.3, 0.4) is 0 Å². The number of benzene rings is 1. The summed E-state index contributed by atoms with van der Waals surface area (Å²) in [5, 5.41) is 0. The van der Waals surface area contributed by atoms with E-state index in [0.717, 1.165) is 25.9 Å². The van der Waals surface area contributed by atoms with Crippen molar-refractivity contribution in [3.05, 3.63) is 35.6 Å². The van der Waals surface area contributed by atoms with Gasteiger partial charge in [-0.2, -0.15) is 0 Å². The van der Waals surface area contributed by atoms with Crippen molar-refractivity contribution in [3.63, 3.8) is 0 Å². The van der Waals surface area contributed by atoms with Crippen LogP contribution in [0.25, 0.3) is 0 Å². The molecule has 0 N–H and O–H groups in total. The number of hydrogen-bond acceptors (Lipinski definition) is 3. The Kier molecular flexibility index (Phi) is 6.99. The van der Waals surface area contributed by atoms with Gasteiger partial charge >= 0.3 is 0 Å². The van der Waals surface area contributed by atoms with Crippen LogP contribution in [0.5, 0.6) is 0 Å². The maximum atomic E-state index is 14.0. The van der Waals surface area contributed by atoms with E-state index < -0.39 is 0 Å². The van der Waals surface area contributed by atoms with E-state index in [1.54, 1.807) is 12.1 Å². The Morgan fingerprint density at radius 2 is 2.04 bits per heavy atom. The van der Waals surface area contributed by atoms with Gasteiger partial charge in [0.2, 0.25) is 5.91 Å². The Morgan fingerprint density at radius 3 is 2.70 bits per heavy atom. The highest BCUT2D eigenvalue weighted by molar-refractivity contribution is 5.76. The monoisotopic (exact) mass is 322 g/mol. The molecule has 5 heteroatoms. The van der Waals surface area contributed by atoms with Crippen molar-refractivity contribution in [2.24, 2.45) is 0 Å². The van der Waals surface area contributed by atoms with Gasteiger partial charge < -0.3 is 14.5 Å². The van der Waals surface area contributed by atoms with Gasteiger partial charge in [0.25, 0.3) is 0 Å². The van der Waals surface area contributed by atoms with Crippen LogP contribution >= 0.6 is 0 Å². The summed E-state index contributed by atoms with van der Waals surface area (Å²) in [6.07, 6.45) is 2.23. The van der Waals surface area contributed by atoms with Crippen molar-refractivity contribution in [1.82, 2.24) is 9.80 Å². The molecule has 0 spiro atoms. The number of likely N-dealkylation sites (tertiary alicyclic amines) is 1. The second-order valence-corrected chi connectivity index (χ2v) is 6.09. The predicted molar refractivity (Wildman–Crippen MR) is 88.6 cm³/mol. The van der Waals surface area contributed by atoms with Gasteiger partial charge in [0.1, 0.15) is 5.82 Å². The molecule has 0 aromatic heterocycles. The summed E-state index contributed by atoms with van der Waals surface area (Å²) < 4.78 is 19.3. The summed E-state index contributed by atoms with van der Waals surface area (Å²) >= 11 is 0. The summed E-state index contributed by atoms with van der Waals surface area (Å²) in [5.41, 5.74) is 0.580. The quantitative estimate of drug-likeness (QED) is 0.724. The van der Waals surface area contributed by atoms with E-state index in [9.17, 15) is 9.18 Å². The fourth-order valence-corrected chi connectivity index (χ4v) is 2.99. The lowest BCUT2D eigenvalue weighted by Gasteiger charge is -2.37. The van der Waals surface area contributed by atoms with E-state index in [4.69, 9.17) is 4.74 Å². The van der Waals surface area contributed by atoms with Gasteiger partial charge in [-0.25, -0.2) is 4.39 Å². The highest BCUT2D eigenvalue weighted by Crippen LogP contribution is 2.20. The third-order valence-corrected chi connectivity index (χ3v) is 4.41. The molecule has 1 amide bonds. The number of piperidine rings is 1. The summed E-state index contributed by atoms with van der Waals surface area (Å²) in [4.78, 5) is 16.7. The standard InChI is InChI=1S/C18H27FN2O2/c1-3-23-13-10-18(22)21(16-8-11-20(2)12-9-16)14-15-6-4-5-7-17(15)19/h4-7,16H,3,8-14H2,1-2H3. The third kappa shape index (κ3) is 5.29. The number of rotatable bonds is 7. The number of carbonyl (C=O) groups excluding carboxylic acids is 1. The van der Waals surface area contributed by atoms with Crippen LogP contribution in [0.4, 0.5) is 4.39 Å². The molecule has 1 aliphatic rings. The lowest BCUT2D eigenvalue weighted by molar-refractivity contribution is -0.136. The minimum atomic E-state index is -0.247. The fourth-order valence-electron chi connectivity index (χ4n) is 2.99. The molecule has 1 aliphatic heterocycles. The van der Waals surface area contributed by atoms with Gasteiger partial charge in [-0.15, -0.1) is 0 Å². The number of hydrogen-bond donors (Lipinski definition) is 0. The van der Waals surface area contributed by atoms with Crippen molar-refractivity contribution in [2.45, 2.75) is 38.8 Å². The van der Waals surface area contributed by atoms with Gasteiger partial charge in [0.15, 0.2) is 0 Å². The van der Waals surface area contributed by atoms with E-state index in [2.05, 4.69) is 11.9 Å². The summed E-state index contributed by atoms with van der Waals surface area (Å²) in [5.74, 6) is -0.195. The molecule has 1 heterocycles. The Balaban J connectivity index is 2.07. The molecule has 0 aliphatic carbocycles. The molecule has 2 rings (SSSR count). The maximum Gasteiger partial charge on any atom is 0.225 e. The smallest absolute Gasteiger partial charge is 0.225 e. The average Bonchev–Trinajstić information content (AvgIpc) is 2.55. The Morgan fingerprint density at radius 1 is 1.35 bits per heavy atom. The first-order valence-electron chi connectivity index (χ1n) is 8.41. The molecule has 23 heavy (non-hydrogen) atoms. The molecule has 0 unspecified atom stereocenters. The fraction of sp³-hybridized carbons (Fsp3) is 0.611. The molecule has 1 saturated heterocycles. The van der Waals surface area contributed by atoms with Gasteiger partial charge in [-0.05, 0) is 46.0 Å². The third-order valence-electron chi connectivity index (χ3n) is 4.41. The molecule has 128 valence electrons. The Hall–Kier alpha value is -1.46. The number of carbonyl (C=O) groups is 1. The second-order valence-electron chi connectivity index (χ2n) is 6.09. The predicted octanol–water partition coefficient (Wildman–Crippen LogP) is 2.68. The molecule has 1 fully saturated rings. The second kappa shape index (κ2) is 8.99. The average molecular weight is 322 g/mol. The van der Waals surface area contributed by atoms with Crippen LogP contribution in [0.1, 0.15) is 31.7 Å². The first-order valence-corrected chi connectivity index (χ1v) is 8.41. The summed E-state index contributed by atoms with van der Waals surface area (Å²) in [7, 11) is 2.09. The maximum absolute atomic E-state index is 14.0. The van der Waals surface area contributed by atoms with Gasteiger partial charge in [-0.3, -0.25) is 4.79 Å². The largest absolute Gasteiger partial charge is 0.381 e. The van der Waals surface area contributed by atoms with Crippen LogP contribution in [-0.4, -0.2) is 55.1 Å². The van der Waals surface area contributed by atoms with Gasteiger partial charge in [0, 0.05) is 24.8 Å². The first-order chi connectivity index (χ1) is 11.1. The number of halogens is 1. The highest BCUT2D eigenvalue weighted by atomic mass is 19.1. The normalized spacial score (nSPS) is 16.5. The SMILES string of the molecule is CCOCCC(=O)N(Cc1ccccc1F)C1CCN(C)CC1. The van der Waals surface area contributed by atoms with Crippen molar-refractivity contribution in [1.29, 1.82) is 0 Å². The topological polar surface area (TPSA) is 32.8 Å². The zero-order chi connectivity index (χ0) is 16.7. The summed E-state index contributed by atoms with van der Waals surface area (Å²) in [6.45, 7) is 5.23. The minimum Gasteiger partial charge on any atom is -0.381 e. The first kappa shape index (κ1) is 17.9. The molecule has 1 aromatic rings. The van der Waals surface area contributed by atoms with Crippen molar-refractivity contribution < 1.29 is 13.9 Å². The molecule has 1 aromatic carbocycles. The molecule has 0 radical (unpaired) electrons. The minimum absolute atomic E-state index is 0.0521. The molecule has 0 atom stereocenters. The lowest BCUT2D eigenvalue weighted by atomic mass is 10.0. The van der Waals surface area contributed by atoms with Gasteiger partial charge in [0.05, 0.1) is 13.0 Å². The van der Waals surface area contributed by atoms with Gasteiger partial charge in [-0.1, -0.05) is 18.2 Å². The lowest BCUT2D eigenvalue weighted by Crippen LogP contribution is -2.46. The molecule has 0 bridgehead atoms. The number of ether oxygens (including phenoxy) is 1. The molecular formula is C18H27FN2O2. The van der Waals surface area contributed by atoms with Crippen molar-refractivity contribution >= 4 is 5.91 Å². The van der Waals surface area contributed by atoms with E-state index >= 15 is 0 Å². The van der Waals surface area contributed by atoms with Crippen LogP contribution in [0.15, 0.2) is 24.3 Å². The Labute approximate surface area is 138 Å². The van der Waals surface area contributed by atoms with E-state index in [1.807, 2.05) is 17.9 Å². The highest BCUT2D eigenvalue weighted by Gasteiger charge is 2.27. The van der Waals surface area contributed by atoms with Crippen molar-refractivity contribution in [2.75, 3.05) is 33.4 Å². The van der Waals surface area contributed by atoms with Crippen LogP contribution in [0, 0.1) is 5.82 Å². The van der Waals surface area contributed by atoms with Crippen LogP contribution in [-0.2, 0) is 16.1 Å². The number of nitrogens with zero attached hydrogens (tertiary/aromatic N) is 2. The number of amides is 1. The zero-order valence-electron chi connectivity index (χ0n) is 14.1. The molecule has 4 nitrogen and oxygen atoms in total. The van der Waals surface area contributed by atoms with E-state index in [0.29, 0.717) is 31.7 Å². The summed E-state index contributed by atoms with van der Waals surface area (Å²) in [6, 6.07) is 6.88. The molecule has 0 saturated carbocycles. The van der Waals surface area contributed by atoms with Crippen LogP contribution < -0.4 is 0 Å². The Bertz CT molecular complexity index is 502. The van der Waals surface area contributed by atoms with Crippen molar-refractivity contribution in [3.8, 4) is 0 Å². The van der Waals surface area contributed by atoms with E-state index in [-0.39, 0.29) is 17.8 Å².